The summed E-state index contributed by atoms with van der Waals surface area (Å²) in [6.45, 7) is 6.45. The molecule has 0 rings (SSSR count). The Bertz CT molecular complexity index is 321. The Morgan fingerprint density at radius 3 is 1.15 bits per heavy atom. The number of rotatable bonds is 28. The Balaban J connectivity index is 4.03. The van der Waals surface area contributed by atoms with Gasteiger partial charge in [-0.15, -0.1) is 0 Å². The quantitative estimate of drug-likeness (QED) is 0.122. The Hall–Kier alpha value is -0.200. The zero-order valence-corrected chi connectivity index (χ0v) is 22.2. The SMILES string of the molecule is CCCCCCCCCCC(COCC(CCCCCCCCCC)OCCO)OCCO. The summed E-state index contributed by atoms with van der Waals surface area (Å²) in [5, 5.41) is 18.3. The van der Waals surface area contributed by atoms with E-state index in [2.05, 4.69) is 13.8 Å². The molecule has 0 saturated heterocycles. The maximum absolute atomic E-state index is 9.13. The molecule has 0 aromatic carbocycles. The molecule has 2 N–H and O–H groups in total. The van der Waals surface area contributed by atoms with Gasteiger partial charge in [0.15, 0.2) is 0 Å². The summed E-state index contributed by atoms with van der Waals surface area (Å²) in [6, 6.07) is 0. The van der Waals surface area contributed by atoms with Gasteiger partial charge in [0.05, 0.1) is 51.8 Å². The third-order valence-corrected chi connectivity index (χ3v) is 6.26. The fourth-order valence-electron chi connectivity index (χ4n) is 4.21. The third-order valence-electron chi connectivity index (χ3n) is 6.26. The van der Waals surface area contributed by atoms with Crippen molar-refractivity contribution in [3.63, 3.8) is 0 Å². The van der Waals surface area contributed by atoms with Crippen LogP contribution in [-0.4, -0.2) is 62.1 Å². The lowest BCUT2D eigenvalue weighted by Crippen LogP contribution is -2.27. The van der Waals surface area contributed by atoms with E-state index in [0.29, 0.717) is 26.4 Å². The highest BCUT2D eigenvalue weighted by Gasteiger charge is 2.13. The number of unbranched alkanes of at least 4 members (excludes halogenated alkanes) is 14. The van der Waals surface area contributed by atoms with E-state index in [1.807, 2.05) is 0 Å². The van der Waals surface area contributed by atoms with Crippen LogP contribution in [0.15, 0.2) is 0 Å². The molecule has 0 fully saturated rings. The van der Waals surface area contributed by atoms with Gasteiger partial charge in [-0.3, -0.25) is 0 Å². The molecule has 200 valence electrons. The molecule has 5 heteroatoms. The minimum Gasteiger partial charge on any atom is -0.394 e. The van der Waals surface area contributed by atoms with Crippen molar-refractivity contribution < 1.29 is 24.4 Å². The van der Waals surface area contributed by atoms with Crippen LogP contribution in [0.5, 0.6) is 0 Å². The molecule has 2 unspecified atom stereocenters. The number of aliphatic hydroxyl groups is 2. The third kappa shape index (κ3) is 24.7. The summed E-state index contributed by atoms with van der Waals surface area (Å²) >= 11 is 0. The van der Waals surface area contributed by atoms with E-state index in [9.17, 15) is 0 Å². The second-order valence-corrected chi connectivity index (χ2v) is 9.50. The predicted molar refractivity (Wildman–Crippen MR) is 139 cm³/mol. The van der Waals surface area contributed by atoms with Crippen LogP contribution in [-0.2, 0) is 14.2 Å². The van der Waals surface area contributed by atoms with Crippen molar-refractivity contribution in [3.05, 3.63) is 0 Å². The van der Waals surface area contributed by atoms with Gasteiger partial charge in [0, 0.05) is 0 Å². The molecule has 0 spiro atoms. The minimum absolute atomic E-state index is 0.0406. The first kappa shape index (κ1) is 32.8. The summed E-state index contributed by atoms with van der Waals surface area (Å²) in [5.41, 5.74) is 0. The molecule has 0 aliphatic rings. The fourth-order valence-corrected chi connectivity index (χ4v) is 4.21. The molecule has 5 nitrogen and oxygen atoms in total. The Morgan fingerprint density at radius 1 is 0.485 bits per heavy atom. The first-order valence-electron chi connectivity index (χ1n) is 14.3. The first-order chi connectivity index (χ1) is 16.3. The molecule has 0 aliphatic heterocycles. The highest BCUT2D eigenvalue weighted by molar-refractivity contribution is 4.62. The Labute approximate surface area is 206 Å². The van der Waals surface area contributed by atoms with E-state index in [4.69, 9.17) is 24.4 Å². The van der Waals surface area contributed by atoms with Crippen molar-refractivity contribution in [1.29, 1.82) is 0 Å². The van der Waals surface area contributed by atoms with Crippen LogP contribution < -0.4 is 0 Å². The van der Waals surface area contributed by atoms with Gasteiger partial charge in [0.2, 0.25) is 0 Å². The lowest BCUT2D eigenvalue weighted by molar-refractivity contribution is -0.0700. The molecule has 0 radical (unpaired) electrons. The molecule has 0 aliphatic carbocycles. The van der Waals surface area contributed by atoms with Crippen LogP contribution in [0, 0.1) is 0 Å². The molecule has 33 heavy (non-hydrogen) atoms. The summed E-state index contributed by atoms with van der Waals surface area (Å²) in [7, 11) is 0. The van der Waals surface area contributed by atoms with E-state index in [-0.39, 0.29) is 25.4 Å². The molecule has 0 aromatic heterocycles. The number of hydrogen-bond donors (Lipinski definition) is 2. The van der Waals surface area contributed by atoms with Gasteiger partial charge in [-0.05, 0) is 12.8 Å². The highest BCUT2D eigenvalue weighted by Crippen LogP contribution is 2.14. The van der Waals surface area contributed by atoms with E-state index >= 15 is 0 Å². The normalized spacial score (nSPS) is 13.5. The maximum atomic E-state index is 9.13. The molecule has 0 aromatic rings. The second-order valence-electron chi connectivity index (χ2n) is 9.50. The largest absolute Gasteiger partial charge is 0.394 e. The lowest BCUT2D eigenvalue weighted by atomic mass is 10.1. The molecule has 0 saturated carbocycles. The van der Waals surface area contributed by atoms with Crippen molar-refractivity contribution in [1.82, 2.24) is 0 Å². The van der Waals surface area contributed by atoms with Crippen LogP contribution in [0.4, 0.5) is 0 Å². The summed E-state index contributed by atoms with van der Waals surface area (Å²) in [6.07, 6.45) is 22.9. The maximum Gasteiger partial charge on any atom is 0.0809 e. The summed E-state index contributed by atoms with van der Waals surface area (Å²) in [5.74, 6) is 0. The summed E-state index contributed by atoms with van der Waals surface area (Å²) < 4.78 is 17.6. The van der Waals surface area contributed by atoms with Crippen LogP contribution in [0.25, 0.3) is 0 Å². The van der Waals surface area contributed by atoms with Gasteiger partial charge < -0.3 is 24.4 Å². The highest BCUT2D eigenvalue weighted by atomic mass is 16.6. The van der Waals surface area contributed by atoms with Gasteiger partial charge in [-0.2, -0.15) is 0 Å². The predicted octanol–water partition coefficient (Wildman–Crippen LogP) is 6.82. The smallest absolute Gasteiger partial charge is 0.0809 e. The monoisotopic (exact) mass is 474 g/mol. The van der Waals surface area contributed by atoms with Crippen molar-refractivity contribution >= 4 is 0 Å². The van der Waals surface area contributed by atoms with Crippen LogP contribution in [0.2, 0.25) is 0 Å². The molecule has 0 amide bonds. The average molecular weight is 475 g/mol. The standard InChI is InChI=1S/C28H58O5/c1-3-5-7-9-11-13-15-17-19-27(32-23-21-29)25-31-26-28(33-24-22-30)20-18-16-14-12-10-8-6-4-2/h27-30H,3-26H2,1-2H3. The molecule has 0 heterocycles. The van der Waals surface area contributed by atoms with Crippen LogP contribution in [0.3, 0.4) is 0 Å². The van der Waals surface area contributed by atoms with Crippen molar-refractivity contribution in [2.24, 2.45) is 0 Å². The zero-order chi connectivity index (χ0) is 24.2. The number of ether oxygens (including phenoxy) is 3. The van der Waals surface area contributed by atoms with Gasteiger partial charge in [-0.25, -0.2) is 0 Å². The van der Waals surface area contributed by atoms with Crippen LogP contribution in [0.1, 0.15) is 129 Å². The van der Waals surface area contributed by atoms with Gasteiger partial charge in [-0.1, -0.05) is 117 Å². The fraction of sp³-hybridized carbons (Fsp3) is 1.00. The summed E-state index contributed by atoms with van der Waals surface area (Å²) in [4.78, 5) is 0. The lowest BCUT2D eigenvalue weighted by Gasteiger charge is -2.21. The van der Waals surface area contributed by atoms with E-state index < -0.39 is 0 Å². The molecule has 2 atom stereocenters. The molecular formula is C28H58O5. The topological polar surface area (TPSA) is 68.2 Å². The average Bonchev–Trinajstić information content (AvgIpc) is 2.83. The Kier molecular flexibility index (Phi) is 27.9. The zero-order valence-electron chi connectivity index (χ0n) is 22.2. The van der Waals surface area contributed by atoms with Gasteiger partial charge in [0.25, 0.3) is 0 Å². The van der Waals surface area contributed by atoms with Crippen molar-refractivity contribution in [2.45, 2.75) is 142 Å². The number of aliphatic hydroxyl groups excluding tert-OH is 2. The number of hydrogen-bond acceptors (Lipinski definition) is 5. The van der Waals surface area contributed by atoms with Crippen molar-refractivity contribution in [3.8, 4) is 0 Å². The van der Waals surface area contributed by atoms with E-state index in [1.54, 1.807) is 0 Å². The minimum atomic E-state index is 0.0406. The van der Waals surface area contributed by atoms with Gasteiger partial charge >= 0.3 is 0 Å². The van der Waals surface area contributed by atoms with Crippen LogP contribution >= 0.6 is 0 Å². The van der Waals surface area contributed by atoms with E-state index in [1.165, 1.54) is 89.9 Å². The van der Waals surface area contributed by atoms with E-state index in [0.717, 1.165) is 25.7 Å². The van der Waals surface area contributed by atoms with Gasteiger partial charge in [0.1, 0.15) is 0 Å². The molecular weight excluding hydrogens is 416 g/mol. The van der Waals surface area contributed by atoms with Crippen molar-refractivity contribution in [2.75, 3.05) is 39.6 Å². The second kappa shape index (κ2) is 28.0. The first-order valence-corrected chi connectivity index (χ1v) is 14.3. The molecule has 0 bridgehead atoms. The Morgan fingerprint density at radius 2 is 0.818 bits per heavy atom.